The van der Waals surface area contributed by atoms with Crippen LogP contribution in [0, 0.1) is 0 Å². The fourth-order valence-electron chi connectivity index (χ4n) is 3.09. The van der Waals surface area contributed by atoms with Gasteiger partial charge in [0.25, 0.3) is 5.56 Å². The standard InChI is InChI=1S/C20H17ClN4O2/c21-17-4-2-1-3-15(17)11-20(27)24-12-16(13-24)25-19(26)6-5-18(23-25)14-7-9-22-10-8-14/h1-10,16H,11-13H2. The Morgan fingerprint density at radius 2 is 1.81 bits per heavy atom. The summed E-state index contributed by atoms with van der Waals surface area (Å²) in [4.78, 5) is 30.4. The van der Waals surface area contributed by atoms with Gasteiger partial charge in [-0.15, -0.1) is 0 Å². The molecule has 3 heterocycles. The topological polar surface area (TPSA) is 68.1 Å². The van der Waals surface area contributed by atoms with Crippen molar-refractivity contribution in [2.45, 2.75) is 12.5 Å². The maximum absolute atomic E-state index is 12.4. The number of rotatable bonds is 4. The van der Waals surface area contributed by atoms with Gasteiger partial charge in [-0.25, -0.2) is 4.68 Å². The molecule has 1 amide bonds. The second kappa shape index (κ2) is 7.32. The monoisotopic (exact) mass is 380 g/mol. The number of hydrogen-bond acceptors (Lipinski definition) is 4. The zero-order chi connectivity index (χ0) is 18.8. The number of halogens is 1. The zero-order valence-electron chi connectivity index (χ0n) is 14.5. The molecule has 0 saturated carbocycles. The SMILES string of the molecule is O=C(Cc1ccccc1Cl)N1CC(n2nc(-c3ccncc3)ccc2=O)C1. The van der Waals surface area contributed by atoms with Gasteiger partial charge in [0, 0.05) is 42.1 Å². The predicted octanol–water partition coefficient (Wildman–Crippen LogP) is 2.58. The minimum Gasteiger partial charge on any atom is -0.338 e. The van der Waals surface area contributed by atoms with Gasteiger partial charge in [-0.1, -0.05) is 29.8 Å². The Bertz CT molecular complexity index is 1030. The molecular formula is C20H17ClN4O2. The molecule has 0 unspecified atom stereocenters. The van der Waals surface area contributed by atoms with Crippen molar-refractivity contribution in [3.8, 4) is 11.3 Å². The van der Waals surface area contributed by atoms with Gasteiger partial charge in [-0.3, -0.25) is 14.6 Å². The summed E-state index contributed by atoms with van der Waals surface area (Å²) in [6, 6.07) is 14.1. The van der Waals surface area contributed by atoms with E-state index in [4.69, 9.17) is 11.6 Å². The maximum Gasteiger partial charge on any atom is 0.267 e. The number of carbonyl (C=O) groups is 1. The number of benzene rings is 1. The van der Waals surface area contributed by atoms with E-state index in [0.29, 0.717) is 23.8 Å². The van der Waals surface area contributed by atoms with Gasteiger partial charge >= 0.3 is 0 Å². The molecule has 1 aliphatic rings. The van der Waals surface area contributed by atoms with Crippen molar-refractivity contribution in [3.63, 3.8) is 0 Å². The summed E-state index contributed by atoms with van der Waals surface area (Å²) >= 11 is 6.12. The van der Waals surface area contributed by atoms with Crippen LogP contribution in [0.15, 0.2) is 65.7 Å². The highest BCUT2D eigenvalue weighted by atomic mass is 35.5. The molecule has 4 rings (SSSR count). The Kier molecular flexibility index (Phi) is 4.73. The van der Waals surface area contributed by atoms with E-state index in [1.807, 2.05) is 30.3 Å². The lowest BCUT2D eigenvalue weighted by atomic mass is 10.1. The first-order valence-corrected chi connectivity index (χ1v) is 9.01. The van der Waals surface area contributed by atoms with Gasteiger partial charge in [0.2, 0.25) is 5.91 Å². The molecule has 27 heavy (non-hydrogen) atoms. The highest BCUT2D eigenvalue weighted by Gasteiger charge is 2.33. The molecule has 0 N–H and O–H groups in total. The van der Waals surface area contributed by atoms with Gasteiger partial charge in [-0.2, -0.15) is 5.10 Å². The first-order valence-electron chi connectivity index (χ1n) is 8.63. The van der Waals surface area contributed by atoms with Crippen LogP contribution in [0.5, 0.6) is 0 Å². The number of aromatic nitrogens is 3. The number of carbonyl (C=O) groups excluding carboxylic acids is 1. The maximum atomic E-state index is 12.4. The number of pyridine rings is 1. The van der Waals surface area contributed by atoms with Gasteiger partial charge in [-0.05, 0) is 29.8 Å². The third kappa shape index (κ3) is 3.61. The van der Waals surface area contributed by atoms with Gasteiger partial charge < -0.3 is 4.90 Å². The van der Waals surface area contributed by atoms with E-state index >= 15 is 0 Å². The number of likely N-dealkylation sites (tertiary alicyclic amines) is 1. The minimum absolute atomic E-state index is 0.00214. The molecular weight excluding hydrogens is 364 g/mol. The largest absolute Gasteiger partial charge is 0.338 e. The van der Waals surface area contributed by atoms with Gasteiger partial charge in [0.05, 0.1) is 18.2 Å². The van der Waals surface area contributed by atoms with Crippen molar-refractivity contribution >= 4 is 17.5 Å². The molecule has 1 aromatic carbocycles. The summed E-state index contributed by atoms with van der Waals surface area (Å²) in [5.41, 5.74) is 2.24. The summed E-state index contributed by atoms with van der Waals surface area (Å²) in [7, 11) is 0. The van der Waals surface area contributed by atoms with Gasteiger partial charge in [0.1, 0.15) is 0 Å². The molecule has 0 atom stereocenters. The number of amides is 1. The van der Waals surface area contributed by atoms with E-state index in [-0.39, 0.29) is 23.9 Å². The Balaban J connectivity index is 1.46. The van der Waals surface area contributed by atoms with Crippen LogP contribution >= 0.6 is 11.6 Å². The summed E-state index contributed by atoms with van der Waals surface area (Å²) in [5.74, 6) is -0.00214. The summed E-state index contributed by atoms with van der Waals surface area (Å²) in [5, 5.41) is 5.06. The van der Waals surface area contributed by atoms with Crippen LogP contribution < -0.4 is 5.56 Å². The fourth-order valence-corrected chi connectivity index (χ4v) is 3.30. The molecule has 0 spiro atoms. The van der Waals surface area contributed by atoms with Crippen LogP contribution in [0.3, 0.4) is 0 Å². The van der Waals surface area contributed by atoms with E-state index in [0.717, 1.165) is 11.1 Å². The summed E-state index contributed by atoms with van der Waals surface area (Å²) in [6.07, 6.45) is 3.63. The van der Waals surface area contributed by atoms with Crippen molar-refractivity contribution in [1.82, 2.24) is 19.7 Å². The van der Waals surface area contributed by atoms with Crippen LogP contribution in [0.4, 0.5) is 0 Å². The van der Waals surface area contributed by atoms with Crippen molar-refractivity contribution in [1.29, 1.82) is 0 Å². The molecule has 1 fully saturated rings. The van der Waals surface area contributed by atoms with E-state index in [1.165, 1.54) is 10.7 Å². The molecule has 2 aromatic heterocycles. The number of nitrogens with zero attached hydrogens (tertiary/aromatic N) is 4. The van der Waals surface area contributed by atoms with E-state index in [9.17, 15) is 9.59 Å². The Labute approximate surface area is 161 Å². The fraction of sp³-hybridized carbons (Fsp3) is 0.200. The summed E-state index contributed by atoms with van der Waals surface area (Å²) in [6.45, 7) is 0.936. The Hall–Kier alpha value is -2.99. The van der Waals surface area contributed by atoms with E-state index in [1.54, 1.807) is 29.4 Å². The molecule has 6 nitrogen and oxygen atoms in total. The molecule has 0 bridgehead atoms. The second-order valence-electron chi connectivity index (χ2n) is 6.46. The first kappa shape index (κ1) is 17.4. The van der Waals surface area contributed by atoms with Crippen molar-refractivity contribution < 1.29 is 4.79 Å². The highest BCUT2D eigenvalue weighted by molar-refractivity contribution is 6.31. The lowest BCUT2D eigenvalue weighted by Gasteiger charge is -2.39. The average molecular weight is 381 g/mol. The lowest BCUT2D eigenvalue weighted by molar-refractivity contribution is -0.136. The quantitative estimate of drug-likeness (QED) is 0.697. The third-order valence-corrected chi connectivity index (χ3v) is 5.03. The van der Waals surface area contributed by atoms with Crippen LogP contribution in [-0.2, 0) is 11.2 Å². The average Bonchev–Trinajstić information content (AvgIpc) is 2.65. The Morgan fingerprint density at radius 1 is 1.07 bits per heavy atom. The van der Waals surface area contributed by atoms with E-state index in [2.05, 4.69) is 10.1 Å². The molecule has 136 valence electrons. The minimum atomic E-state index is -0.170. The zero-order valence-corrected chi connectivity index (χ0v) is 15.2. The van der Waals surface area contributed by atoms with Crippen LogP contribution in [0.25, 0.3) is 11.3 Å². The van der Waals surface area contributed by atoms with Crippen molar-refractivity contribution in [2.24, 2.45) is 0 Å². The summed E-state index contributed by atoms with van der Waals surface area (Å²) < 4.78 is 1.47. The molecule has 3 aromatic rings. The predicted molar refractivity (Wildman–Crippen MR) is 103 cm³/mol. The number of hydrogen-bond donors (Lipinski definition) is 0. The molecule has 7 heteroatoms. The third-order valence-electron chi connectivity index (χ3n) is 4.66. The Morgan fingerprint density at radius 3 is 2.56 bits per heavy atom. The van der Waals surface area contributed by atoms with Crippen molar-refractivity contribution in [3.05, 3.63) is 81.9 Å². The highest BCUT2D eigenvalue weighted by Crippen LogP contribution is 2.23. The first-order chi connectivity index (χ1) is 13.1. The van der Waals surface area contributed by atoms with Crippen LogP contribution in [0.2, 0.25) is 5.02 Å². The molecule has 0 aliphatic carbocycles. The second-order valence-corrected chi connectivity index (χ2v) is 6.87. The molecule has 1 aliphatic heterocycles. The van der Waals surface area contributed by atoms with Gasteiger partial charge in [0.15, 0.2) is 0 Å². The smallest absolute Gasteiger partial charge is 0.267 e. The lowest BCUT2D eigenvalue weighted by Crippen LogP contribution is -2.53. The van der Waals surface area contributed by atoms with Crippen molar-refractivity contribution in [2.75, 3.05) is 13.1 Å². The van der Waals surface area contributed by atoms with Crippen LogP contribution in [0.1, 0.15) is 11.6 Å². The molecule has 1 saturated heterocycles. The normalized spacial score (nSPS) is 14.0. The van der Waals surface area contributed by atoms with E-state index < -0.39 is 0 Å². The molecule has 0 radical (unpaired) electrons. The van der Waals surface area contributed by atoms with Crippen LogP contribution in [-0.4, -0.2) is 38.7 Å².